The summed E-state index contributed by atoms with van der Waals surface area (Å²) in [5, 5.41) is 11.9. The van der Waals surface area contributed by atoms with Crippen LogP contribution in [0.2, 0.25) is 0 Å². The van der Waals surface area contributed by atoms with E-state index in [1.807, 2.05) is 13.8 Å². The SMILES string of the molecule is CC(C)(CO)Nc1ccnc(F)c1. The molecule has 1 rings (SSSR count). The standard InChI is InChI=1S/C9H13FN2O/c1-9(2,6-13)12-7-3-4-11-8(10)5-7/h3-5,13H,6H2,1-2H3,(H,11,12). The molecule has 0 aliphatic heterocycles. The molecular weight excluding hydrogens is 171 g/mol. The van der Waals surface area contributed by atoms with E-state index in [9.17, 15) is 4.39 Å². The zero-order valence-corrected chi connectivity index (χ0v) is 7.71. The number of aliphatic hydroxyl groups is 1. The third kappa shape index (κ3) is 2.99. The first-order chi connectivity index (χ1) is 6.03. The third-order valence-electron chi connectivity index (χ3n) is 1.60. The lowest BCUT2D eigenvalue weighted by Gasteiger charge is -2.24. The Hall–Kier alpha value is -1.16. The Morgan fingerprint density at radius 3 is 2.85 bits per heavy atom. The smallest absolute Gasteiger partial charge is 0.214 e. The molecular formula is C9H13FN2O. The molecule has 13 heavy (non-hydrogen) atoms. The van der Waals surface area contributed by atoms with Crippen molar-refractivity contribution < 1.29 is 9.50 Å². The molecule has 72 valence electrons. The number of aromatic nitrogens is 1. The topological polar surface area (TPSA) is 45.1 Å². The quantitative estimate of drug-likeness (QED) is 0.698. The molecule has 0 aromatic carbocycles. The molecule has 0 fully saturated rings. The van der Waals surface area contributed by atoms with E-state index >= 15 is 0 Å². The van der Waals surface area contributed by atoms with E-state index in [4.69, 9.17) is 5.11 Å². The Morgan fingerprint density at radius 1 is 1.62 bits per heavy atom. The first-order valence-electron chi connectivity index (χ1n) is 4.04. The summed E-state index contributed by atoms with van der Waals surface area (Å²) in [6.45, 7) is 3.63. The Balaban J connectivity index is 2.74. The van der Waals surface area contributed by atoms with Crippen molar-refractivity contribution in [3.63, 3.8) is 0 Å². The van der Waals surface area contributed by atoms with Crippen molar-refractivity contribution in [1.29, 1.82) is 0 Å². The van der Waals surface area contributed by atoms with Crippen LogP contribution in [0.25, 0.3) is 0 Å². The van der Waals surface area contributed by atoms with Gasteiger partial charge in [0.2, 0.25) is 5.95 Å². The maximum Gasteiger partial charge on any atom is 0.214 e. The van der Waals surface area contributed by atoms with E-state index in [2.05, 4.69) is 10.3 Å². The molecule has 0 amide bonds. The molecule has 0 aliphatic rings. The molecule has 1 heterocycles. The van der Waals surface area contributed by atoms with Gasteiger partial charge in [-0.1, -0.05) is 0 Å². The van der Waals surface area contributed by atoms with Gasteiger partial charge in [-0.15, -0.1) is 0 Å². The van der Waals surface area contributed by atoms with E-state index in [0.29, 0.717) is 5.69 Å². The number of pyridine rings is 1. The number of halogens is 1. The van der Waals surface area contributed by atoms with Crippen LogP contribution in [-0.4, -0.2) is 22.2 Å². The minimum absolute atomic E-state index is 0.0169. The highest BCUT2D eigenvalue weighted by molar-refractivity contribution is 5.43. The highest BCUT2D eigenvalue weighted by atomic mass is 19.1. The number of nitrogens with zero attached hydrogens (tertiary/aromatic N) is 1. The fraction of sp³-hybridized carbons (Fsp3) is 0.444. The number of hydrogen-bond donors (Lipinski definition) is 2. The zero-order valence-electron chi connectivity index (χ0n) is 7.71. The van der Waals surface area contributed by atoms with Gasteiger partial charge in [-0.25, -0.2) is 4.98 Å². The third-order valence-corrected chi connectivity index (χ3v) is 1.60. The molecule has 0 radical (unpaired) electrons. The van der Waals surface area contributed by atoms with Crippen LogP contribution in [0.5, 0.6) is 0 Å². The average molecular weight is 184 g/mol. The number of nitrogens with one attached hydrogen (secondary N) is 1. The zero-order chi connectivity index (χ0) is 9.90. The fourth-order valence-corrected chi connectivity index (χ4v) is 0.910. The molecule has 1 aromatic heterocycles. The van der Waals surface area contributed by atoms with Gasteiger partial charge in [-0.2, -0.15) is 4.39 Å². The van der Waals surface area contributed by atoms with E-state index in [1.165, 1.54) is 12.3 Å². The first-order valence-corrected chi connectivity index (χ1v) is 4.04. The first kappa shape index (κ1) is 9.92. The maximum absolute atomic E-state index is 12.6. The van der Waals surface area contributed by atoms with E-state index in [-0.39, 0.29) is 6.61 Å². The Morgan fingerprint density at radius 2 is 2.31 bits per heavy atom. The molecule has 0 saturated carbocycles. The van der Waals surface area contributed by atoms with Crippen LogP contribution < -0.4 is 5.32 Å². The average Bonchev–Trinajstić information content (AvgIpc) is 2.03. The minimum Gasteiger partial charge on any atom is -0.394 e. The highest BCUT2D eigenvalue weighted by Gasteiger charge is 2.15. The predicted octanol–water partition coefficient (Wildman–Crippen LogP) is 1.40. The van der Waals surface area contributed by atoms with Gasteiger partial charge >= 0.3 is 0 Å². The van der Waals surface area contributed by atoms with Gasteiger partial charge in [0.1, 0.15) is 0 Å². The van der Waals surface area contributed by atoms with Crippen LogP contribution in [0.1, 0.15) is 13.8 Å². The number of rotatable bonds is 3. The molecule has 0 bridgehead atoms. The summed E-state index contributed by atoms with van der Waals surface area (Å²) in [7, 11) is 0. The molecule has 2 N–H and O–H groups in total. The van der Waals surface area contributed by atoms with Gasteiger partial charge < -0.3 is 10.4 Å². The van der Waals surface area contributed by atoms with Crippen LogP contribution in [0.3, 0.4) is 0 Å². The number of aliphatic hydroxyl groups excluding tert-OH is 1. The second-order valence-electron chi connectivity index (χ2n) is 3.53. The van der Waals surface area contributed by atoms with Crippen molar-refractivity contribution in [2.75, 3.05) is 11.9 Å². The second-order valence-corrected chi connectivity index (χ2v) is 3.53. The van der Waals surface area contributed by atoms with Crippen molar-refractivity contribution in [2.45, 2.75) is 19.4 Å². The fourth-order valence-electron chi connectivity index (χ4n) is 0.910. The van der Waals surface area contributed by atoms with Gasteiger partial charge in [0.05, 0.1) is 12.1 Å². The summed E-state index contributed by atoms with van der Waals surface area (Å²) in [4.78, 5) is 3.43. The Kier molecular flexibility index (Phi) is 2.83. The highest BCUT2D eigenvalue weighted by Crippen LogP contribution is 2.13. The molecule has 0 aliphatic carbocycles. The Bertz CT molecular complexity index is 289. The van der Waals surface area contributed by atoms with E-state index in [1.54, 1.807) is 6.07 Å². The lowest BCUT2D eigenvalue weighted by atomic mass is 10.1. The summed E-state index contributed by atoms with van der Waals surface area (Å²) in [5.74, 6) is -0.529. The van der Waals surface area contributed by atoms with Gasteiger partial charge in [-0.3, -0.25) is 0 Å². The monoisotopic (exact) mass is 184 g/mol. The van der Waals surface area contributed by atoms with Crippen LogP contribution >= 0.6 is 0 Å². The Labute approximate surface area is 76.6 Å². The van der Waals surface area contributed by atoms with Crippen molar-refractivity contribution in [2.24, 2.45) is 0 Å². The number of hydrogen-bond acceptors (Lipinski definition) is 3. The molecule has 0 saturated heterocycles. The minimum atomic E-state index is -0.529. The van der Waals surface area contributed by atoms with Crippen molar-refractivity contribution in [3.05, 3.63) is 24.3 Å². The summed E-state index contributed by atoms with van der Waals surface area (Å²) in [5.41, 5.74) is 0.167. The summed E-state index contributed by atoms with van der Waals surface area (Å²) in [6.07, 6.45) is 1.38. The molecule has 0 atom stereocenters. The molecule has 1 aromatic rings. The van der Waals surface area contributed by atoms with Crippen LogP contribution in [-0.2, 0) is 0 Å². The molecule has 3 nitrogen and oxygen atoms in total. The van der Waals surface area contributed by atoms with Crippen molar-refractivity contribution in [3.8, 4) is 0 Å². The van der Waals surface area contributed by atoms with Crippen LogP contribution in [0, 0.1) is 5.95 Å². The maximum atomic E-state index is 12.6. The van der Waals surface area contributed by atoms with Gasteiger partial charge in [0.15, 0.2) is 0 Å². The molecule has 0 unspecified atom stereocenters. The predicted molar refractivity (Wildman–Crippen MR) is 49.0 cm³/mol. The normalized spacial score (nSPS) is 11.4. The summed E-state index contributed by atoms with van der Waals surface area (Å²) < 4.78 is 12.6. The lowest BCUT2D eigenvalue weighted by Crippen LogP contribution is -2.34. The second kappa shape index (κ2) is 3.70. The lowest BCUT2D eigenvalue weighted by molar-refractivity contribution is 0.234. The van der Waals surface area contributed by atoms with E-state index < -0.39 is 11.5 Å². The summed E-state index contributed by atoms with van der Waals surface area (Å²) >= 11 is 0. The molecule has 4 heteroatoms. The number of anilines is 1. The van der Waals surface area contributed by atoms with E-state index in [0.717, 1.165) is 0 Å². The van der Waals surface area contributed by atoms with Crippen molar-refractivity contribution in [1.82, 2.24) is 4.98 Å². The van der Waals surface area contributed by atoms with Crippen molar-refractivity contribution >= 4 is 5.69 Å². The molecule has 0 spiro atoms. The summed E-state index contributed by atoms with van der Waals surface area (Å²) in [6, 6.07) is 2.94. The van der Waals surface area contributed by atoms with Gasteiger partial charge in [-0.05, 0) is 19.9 Å². The van der Waals surface area contributed by atoms with Crippen LogP contribution in [0.15, 0.2) is 18.3 Å². The van der Waals surface area contributed by atoms with Gasteiger partial charge in [0.25, 0.3) is 0 Å². The van der Waals surface area contributed by atoms with Gasteiger partial charge in [0, 0.05) is 18.0 Å². The largest absolute Gasteiger partial charge is 0.394 e. The van der Waals surface area contributed by atoms with Crippen LogP contribution in [0.4, 0.5) is 10.1 Å².